The highest BCUT2D eigenvalue weighted by molar-refractivity contribution is 5.77. The summed E-state index contributed by atoms with van der Waals surface area (Å²) in [4.78, 5) is 21.4. The predicted octanol–water partition coefficient (Wildman–Crippen LogP) is 0.795. The van der Waals surface area contributed by atoms with Gasteiger partial charge in [-0.3, -0.25) is 14.9 Å². The third kappa shape index (κ3) is 3.06. The molecule has 1 aromatic carbocycles. The fourth-order valence-corrected chi connectivity index (χ4v) is 1.43. The van der Waals surface area contributed by atoms with Gasteiger partial charge in [0.05, 0.1) is 6.54 Å². The highest BCUT2D eigenvalue weighted by Gasteiger charge is 2.21. The second-order valence-corrected chi connectivity index (χ2v) is 3.40. The number of hydrogen-bond acceptors (Lipinski definition) is 3. The molecule has 0 spiro atoms. The number of aliphatic carboxylic acids is 2. The van der Waals surface area contributed by atoms with Gasteiger partial charge in [0.15, 0.2) is 0 Å². The molecular weight excluding hydrogens is 210 g/mol. The minimum atomic E-state index is -1.09. The van der Waals surface area contributed by atoms with Gasteiger partial charge in [-0.25, -0.2) is 0 Å². The Hall–Kier alpha value is -1.88. The summed E-state index contributed by atoms with van der Waals surface area (Å²) in [5.41, 5.74) is 1.39. The van der Waals surface area contributed by atoms with Gasteiger partial charge in [0.25, 0.3) is 0 Å². The molecule has 3 N–H and O–H groups in total. The molecule has 1 rings (SSSR count). The van der Waals surface area contributed by atoms with E-state index in [0.717, 1.165) is 5.56 Å². The lowest BCUT2D eigenvalue weighted by atomic mass is 10.0. The summed E-state index contributed by atoms with van der Waals surface area (Å²) >= 11 is 0. The van der Waals surface area contributed by atoms with E-state index in [4.69, 9.17) is 10.2 Å². The van der Waals surface area contributed by atoms with E-state index in [2.05, 4.69) is 5.32 Å². The molecule has 0 amide bonds. The first kappa shape index (κ1) is 12.2. The van der Waals surface area contributed by atoms with Crippen LogP contribution in [0.15, 0.2) is 24.3 Å². The highest BCUT2D eigenvalue weighted by atomic mass is 16.4. The quantitative estimate of drug-likeness (QED) is 0.687. The van der Waals surface area contributed by atoms with Crippen molar-refractivity contribution in [3.05, 3.63) is 35.4 Å². The number of carbonyl (C=O) groups is 2. The summed E-state index contributed by atoms with van der Waals surface area (Å²) in [5.74, 6) is -2.17. The number of benzene rings is 1. The van der Waals surface area contributed by atoms with Gasteiger partial charge in [-0.2, -0.15) is 0 Å². The van der Waals surface area contributed by atoms with Gasteiger partial charge in [0.1, 0.15) is 6.04 Å². The van der Waals surface area contributed by atoms with E-state index in [1.54, 1.807) is 31.2 Å². The molecule has 86 valence electrons. The average Bonchev–Trinajstić information content (AvgIpc) is 2.20. The average molecular weight is 223 g/mol. The number of rotatable bonds is 5. The Labute approximate surface area is 92.7 Å². The fourth-order valence-electron chi connectivity index (χ4n) is 1.43. The third-order valence-corrected chi connectivity index (χ3v) is 2.20. The second kappa shape index (κ2) is 5.27. The maximum absolute atomic E-state index is 11.0. The molecule has 5 heteroatoms. The van der Waals surface area contributed by atoms with Gasteiger partial charge in [-0.1, -0.05) is 24.3 Å². The molecule has 0 radical (unpaired) electrons. The first-order chi connectivity index (χ1) is 7.52. The van der Waals surface area contributed by atoms with Gasteiger partial charge in [-0.15, -0.1) is 0 Å². The zero-order valence-electron chi connectivity index (χ0n) is 8.80. The van der Waals surface area contributed by atoms with E-state index in [0.29, 0.717) is 5.56 Å². The van der Waals surface area contributed by atoms with Crippen molar-refractivity contribution in [1.29, 1.82) is 0 Å². The maximum Gasteiger partial charge on any atom is 0.325 e. The van der Waals surface area contributed by atoms with Crippen molar-refractivity contribution in [2.75, 3.05) is 6.54 Å². The monoisotopic (exact) mass is 223 g/mol. The Kier molecular flexibility index (Phi) is 4.02. The van der Waals surface area contributed by atoms with Crippen molar-refractivity contribution < 1.29 is 19.8 Å². The van der Waals surface area contributed by atoms with Crippen LogP contribution >= 0.6 is 0 Å². The number of carboxylic acids is 2. The molecule has 1 unspecified atom stereocenters. The van der Waals surface area contributed by atoms with E-state index in [-0.39, 0.29) is 6.54 Å². The van der Waals surface area contributed by atoms with E-state index in [9.17, 15) is 9.59 Å². The number of aryl methyl sites for hydroxylation is 1. The third-order valence-electron chi connectivity index (χ3n) is 2.20. The molecule has 0 aliphatic carbocycles. The van der Waals surface area contributed by atoms with Crippen LogP contribution in [0.2, 0.25) is 0 Å². The topological polar surface area (TPSA) is 86.6 Å². The Morgan fingerprint density at radius 3 is 2.44 bits per heavy atom. The van der Waals surface area contributed by atoms with Crippen LogP contribution in [0.25, 0.3) is 0 Å². The number of carboxylic acid groups (broad SMARTS) is 2. The van der Waals surface area contributed by atoms with Crippen molar-refractivity contribution in [3.8, 4) is 0 Å². The van der Waals surface area contributed by atoms with Crippen molar-refractivity contribution in [2.24, 2.45) is 0 Å². The Balaban J connectivity index is 2.90. The standard InChI is InChI=1S/C11H13NO4/c1-7-4-2-3-5-8(7)10(11(15)16)12-6-9(13)14/h2-5,10,12H,6H2,1H3,(H,13,14)(H,15,16). The zero-order valence-corrected chi connectivity index (χ0v) is 8.80. The summed E-state index contributed by atoms with van der Waals surface area (Å²) in [6, 6.07) is 5.99. The molecule has 0 bridgehead atoms. The highest BCUT2D eigenvalue weighted by Crippen LogP contribution is 2.17. The molecule has 0 aliphatic heterocycles. The zero-order chi connectivity index (χ0) is 12.1. The van der Waals surface area contributed by atoms with Gasteiger partial charge in [0, 0.05) is 0 Å². The van der Waals surface area contributed by atoms with Crippen LogP contribution in [0.5, 0.6) is 0 Å². The van der Waals surface area contributed by atoms with Crippen LogP contribution in [0.3, 0.4) is 0 Å². The van der Waals surface area contributed by atoms with Crippen LogP contribution in [0.1, 0.15) is 17.2 Å². The summed E-state index contributed by atoms with van der Waals surface area (Å²) in [7, 11) is 0. The van der Waals surface area contributed by atoms with Crippen molar-refractivity contribution in [1.82, 2.24) is 5.32 Å². The van der Waals surface area contributed by atoms with Crippen molar-refractivity contribution in [3.63, 3.8) is 0 Å². The summed E-state index contributed by atoms with van der Waals surface area (Å²) in [6.07, 6.45) is 0. The summed E-state index contributed by atoms with van der Waals surface area (Å²) in [6.45, 7) is 1.40. The molecule has 0 saturated carbocycles. The molecule has 0 aliphatic rings. The molecule has 0 fully saturated rings. The van der Waals surface area contributed by atoms with Gasteiger partial charge in [-0.05, 0) is 18.1 Å². The SMILES string of the molecule is Cc1ccccc1C(NCC(=O)O)C(=O)O. The lowest BCUT2D eigenvalue weighted by molar-refractivity contribution is -0.140. The normalized spacial score (nSPS) is 12.1. The number of hydrogen-bond donors (Lipinski definition) is 3. The largest absolute Gasteiger partial charge is 0.480 e. The Morgan fingerprint density at radius 2 is 1.94 bits per heavy atom. The van der Waals surface area contributed by atoms with Crippen LogP contribution in [-0.2, 0) is 9.59 Å². The first-order valence-electron chi connectivity index (χ1n) is 4.76. The van der Waals surface area contributed by atoms with Gasteiger partial charge in [0.2, 0.25) is 0 Å². The van der Waals surface area contributed by atoms with Gasteiger partial charge >= 0.3 is 11.9 Å². The minimum Gasteiger partial charge on any atom is -0.480 e. The van der Waals surface area contributed by atoms with E-state index < -0.39 is 18.0 Å². The molecule has 0 saturated heterocycles. The maximum atomic E-state index is 11.0. The van der Waals surface area contributed by atoms with Crippen LogP contribution in [0.4, 0.5) is 0 Å². The van der Waals surface area contributed by atoms with E-state index >= 15 is 0 Å². The molecule has 1 atom stereocenters. The van der Waals surface area contributed by atoms with Gasteiger partial charge < -0.3 is 10.2 Å². The number of nitrogens with one attached hydrogen (secondary N) is 1. The van der Waals surface area contributed by atoms with Crippen LogP contribution < -0.4 is 5.32 Å². The first-order valence-corrected chi connectivity index (χ1v) is 4.76. The molecule has 1 aromatic rings. The lowest BCUT2D eigenvalue weighted by Crippen LogP contribution is -2.33. The van der Waals surface area contributed by atoms with E-state index in [1.165, 1.54) is 0 Å². The molecule has 0 aromatic heterocycles. The smallest absolute Gasteiger partial charge is 0.325 e. The second-order valence-electron chi connectivity index (χ2n) is 3.40. The summed E-state index contributed by atoms with van der Waals surface area (Å²) in [5, 5.41) is 20.0. The van der Waals surface area contributed by atoms with Crippen LogP contribution in [0, 0.1) is 6.92 Å². The Morgan fingerprint density at radius 1 is 1.31 bits per heavy atom. The van der Waals surface area contributed by atoms with E-state index in [1.807, 2.05) is 0 Å². The molecule has 0 heterocycles. The van der Waals surface area contributed by atoms with Crippen LogP contribution in [-0.4, -0.2) is 28.7 Å². The molecule has 16 heavy (non-hydrogen) atoms. The molecular formula is C11H13NO4. The minimum absolute atomic E-state index is 0.384. The van der Waals surface area contributed by atoms with Crippen molar-refractivity contribution in [2.45, 2.75) is 13.0 Å². The molecule has 5 nitrogen and oxygen atoms in total. The fraction of sp³-hybridized carbons (Fsp3) is 0.273. The predicted molar refractivity (Wildman–Crippen MR) is 57.2 cm³/mol. The van der Waals surface area contributed by atoms with Crippen molar-refractivity contribution >= 4 is 11.9 Å². The Bertz CT molecular complexity index is 403. The lowest BCUT2D eigenvalue weighted by Gasteiger charge is -2.15. The summed E-state index contributed by atoms with van der Waals surface area (Å²) < 4.78 is 0.